The molecular weight excluding hydrogens is 256 g/mol. The van der Waals surface area contributed by atoms with Gasteiger partial charge in [-0.15, -0.1) is 11.3 Å². The lowest BCUT2D eigenvalue weighted by Gasteiger charge is -2.08. The summed E-state index contributed by atoms with van der Waals surface area (Å²) in [6.07, 6.45) is 0.793. The molecule has 0 fully saturated rings. The monoisotopic (exact) mass is 276 g/mol. The summed E-state index contributed by atoms with van der Waals surface area (Å²) >= 11 is 1.30. The minimum atomic E-state index is -3.30. The second-order valence-electron chi connectivity index (χ2n) is 4.23. The fraction of sp³-hybridized carbons (Fsp3) is 0.636. The van der Waals surface area contributed by atoms with E-state index in [1.807, 2.05) is 13.0 Å². The van der Waals surface area contributed by atoms with Crippen molar-refractivity contribution in [3.63, 3.8) is 0 Å². The maximum Gasteiger partial charge on any atom is 0.250 e. The Labute approximate surface area is 107 Å². The molecule has 0 radical (unpaired) electrons. The molecule has 0 amide bonds. The van der Waals surface area contributed by atoms with E-state index in [4.69, 9.17) is 0 Å². The predicted octanol–water partition coefficient (Wildman–Crippen LogP) is 1.72. The van der Waals surface area contributed by atoms with Gasteiger partial charge in [0.2, 0.25) is 10.0 Å². The van der Waals surface area contributed by atoms with Crippen molar-refractivity contribution in [1.82, 2.24) is 10.0 Å². The molecule has 0 unspecified atom stereocenters. The second kappa shape index (κ2) is 6.49. The minimum Gasteiger partial charge on any atom is -0.314 e. The van der Waals surface area contributed by atoms with Gasteiger partial charge in [0, 0.05) is 17.5 Å². The first kappa shape index (κ1) is 14.6. The third-order valence-electron chi connectivity index (χ3n) is 2.18. The number of sulfonamides is 1. The number of aryl methyl sites for hydroxylation is 1. The molecule has 0 spiro atoms. The number of nitrogens with one attached hydrogen (secondary N) is 2. The van der Waals surface area contributed by atoms with Gasteiger partial charge in [-0.3, -0.25) is 0 Å². The fourth-order valence-electron chi connectivity index (χ4n) is 1.31. The molecule has 98 valence electrons. The van der Waals surface area contributed by atoms with E-state index < -0.39 is 10.0 Å². The lowest BCUT2D eigenvalue weighted by Crippen LogP contribution is -2.29. The smallest absolute Gasteiger partial charge is 0.250 e. The molecule has 1 rings (SSSR count). The van der Waals surface area contributed by atoms with Crippen LogP contribution in [0, 0.1) is 6.92 Å². The van der Waals surface area contributed by atoms with Gasteiger partial charge in [-0.05, 0) is 32.0 Å². The third kappa shape index (κ3) is 5.16. The summed E-state index contributed by atoms with van der Waals surface area (Å²) in [5, 5.41) is 3.24. The average Bonchev–Trinajstić information content (AvgIpc) is 2.64. The van der Waals surface area contributed by atoms with Crippen LogP contribution in [0.25, 0.3) is 0 Å². The topological polar surface area (TPSA) is 58.2 Å². The molecule has 1 aromatic rings. The SMILES string of the molecule is Cc1ccc(S(=O)(=O)NCCCNC(C)C)s1. The van der Waals surface area contributed by atoms with Crippen LogP contribution >= 0.6 is 11.3 Å². The quantitative estimate of drug-likeness (QED) is 0.746. The van der Waals surface area contributed by atoms with Gasteiger partial charge < -0.3 is 5.32 Å². The highest BCUT2D eigenvalue weighted by Crippen LogP contribution is 2.19. The molecule has 0 bridgehead atoms. The first-order valence-electron chi connectivity index (χ1n) is 5.71. The molecular formula is C11H20N2O2S2. The van der Waals surface area contributed by atoms with Crippen LogP contribution in [0.3, 0.4) is 0 Å². The van der Waals surface area contributed by atoms with Crippen LogP contribution in [0.15, 0.2) is 16.3 Å². The van der Waals surface area contributed by atoms with Crippen molar-refractivity contribution in [2.75, 3.05) is 13.1 Å². The first-order valence-corrected chi connectivity index (χ1v) is 8.01. The van der Waals surface area contributed by atoms with E-state index in [2.05, 4.69) is 23.9 Å². The zero-order valence-corrected chi connectivity index (χ0v) is 12.1. The van der Waals surface area contributed by atoms with Gasteiger partial charge in [-0.25, -0.2) is 13.1 Å². The maximum absolute atomic E-state index is 11.8. The molecule has 0 aromatic carbocycles. The number of rotatable bonds is 7. The molecule has 17 heavy (non-hydrogen) atoms. The molecule has 0 saturated heterocycles. The van der Waals surface area contributed by atoms with E-state index in [0.717, 1.165) is 17.8 Å². The lowest BCUT2D eigenvalue weighted by atomic mass is 10.3. The van der Waals surface area contributed by atoms with Crippen molar-refractivity contribution in [1.29, 1.82) is 0 Å². The Morgan fingerprint density at radius 3 is 2.53 bits per heavy atom. The number of hydrogen-bond acceptors (Lipinski definition) is 4. The van der Waals surface area contributed by atoms with Gasteiger partial charge in [0.25, 0.3) is 0 Å². The molecule has 1 heterocycles. The van der Waals surface area contributed by atoms with Crippen LogP contribution in [-0.4, -0.2) is 27.5 Å². The summed E-state index contributed by atoms with van der Waals surface area (Å²) in [6, 6.07) is 3.90. The molecule has 6 heteroatoms. The van der Waals surface area contributed by atoms with Crippen LogP contribution in [-0.2, 0) is 10.0 Å². The molecule has 0 saturated carbocycles. The van der Waals surface area contributed by atoms with Crippen molar-refractivity contribution in [2.45, 2.75) is 37.4 Å². The van der Waals surface area contributed by atoms with Crippen molar-refractivity contribution >= 4 is 21.4 Å². The highest BCUT2D eigenvalue weighted by atomic mass is 32.2. The first-order chi connectivity index (χ1) is 7.92. The van der Waals surface area contributed by atoms with E-state index in [0.29, 0.717) is 16.8 Å². The van der Waals surface area contributed by atoms with Crippen LogP contribution in [0.2, 0.25) is 0 Å². The number of hydrogen-bond donors (Lipinski definition) is 2. The molecule has 0 aliphatic carbocycles. The molecule has 2 N–H and O–H groups in total. The van der Waals surface area contributed by atoms with Crippen molar-refractivity contribution in [3.05, 3.63) is 17.0 Å². The van der Waals surface area contributed by atoms with Gasteiger partial charge >= 0.3 is 0 Å². The Bertz CT molecular complexity index is 438. The molecule has 4 nitrogen and oxygen atoms in total. The Morgan fingerprint density at radius 2 is 2.00 bits per heavy atom. The highest BCUT2D eigenvalue weighted by Gasteiger charge is 2.14. The molecule has 1 aromatic heterocycles. The van der Waals surface area contributed by atoms with Gasteiger partial charge in [-0.2, -0.15) is 0 Å². The molecule has 0 atom stereocenters. The Balaban J connectivity index is 2.36. The predicted molar refractivity (Wildman–Crippen MR) is 72.0 cm³/mol. The van der Waals surface area contributed by atoms with E-state index in [1.165, 1.54) is 11.3 Å². The average molecular weight is 276 g/mol. The fourth-order valence-corrected chi connectivity index (χ4v) is 3.72. The normalized spacial score (nSPS) is 12.2. The summed E-state index contributed by atoms with van der Waals surface area (Å²) in [5.41, 5.74) is 0. The summed E-state index contributed by atoms with van der Waals surface area (Å²) < 4.78 is 26.6. The lowest BCUT2D eigenvalue weighted by molar-refractivity contribution is 0.555. The van der Waals surface area contributed by atoms with Gasteiger partial charge in [-0.1, -0.05) is 13.8 Å². The van der Waals surface area contributed by atoms with Gasteiger partial charge in [0.05, 0.1) is 0 Å². The summed E-state index contributed by atoms with van der Waals surface area (Å²) in [6.45, 7) is 7.33. The van der Waals surface area contributed by atoms with Gasteiger partial charge in [0.1, 0.15) is 4.21 Å². The maximum atomic E-state index is 11.8. The standard InChI is InChI=1S/C11H20N2O2S2/c1-9(2)12-7-4-8-13-17(14,15)11-6-5-10(3)16-11/h5-6,9,12-13H,4,7-8H2,1-3H3. The molecule has 0 aliphatic rings. The van der Waals surface area contributed by atoms with Gasteiger partial charge in [0.15, 0.2) is 0 Å². The highest BCUT2D eigenvalue weighted by molar-refractivity contribution is 7.91. The molecule has 0 aliphatic heterocycles. The Morgan fingerprint density at radius 1 is 1.29 bits per heavy atom. The second-order valence-corrected chi connectivity index (χ2v) is 7.51. The number of thiophene rings is 1. The van der Waals surface area contributed by atoms with Crippen molar-refractivity contribution in [3.8, 4) is 0 Å². The van der Waals surface area contributed by atoms with E-state index in [9.17, 15) is 8.42 Å². The van der Waals surface area contributed by atoms with E-state index in [-0.39, 0.29) is 0 Å². The Kier molecular flexibility index (Phi) is 5.58. The van der Waals surface area contributed by atoms with Crippen LogP contribution < -0.4 is 10.0 Å². The summed E-state index contributed by atoms with van der Waals surface area (Å²) in [5.74, 6) is 0. The van der Waals surface area contributed by atoms with Crippen molar-refractivity contribution < 1.29 is 8.42 Å². The zero-order valence-electron chi connectivity index (χ0n) is 10.5. The summed E-state index contributed by atoms with van der Waals surface area (Å²) in [7, 11) is -3.30. The zero-order chi connectivity index (χ0) is 12.9. The van der Waals surface area contributed by atoms with E-state index >= 15 is 0 Å². The van der Waals surface area contributed by atoms with Crippen LogP contribution in [0.5, 0.6) is 0 Å². The Hall–Kier alpha value is -0.430. The van der Waals surface area contributed by atoms with Crippen LogP contribution in [0.4, 0.5) is 0 Å². The van der Waals surface area contributed by atoms with Crippen LogP contribution in [0.1, 0.15) is 25.1 Å². The summed E-state index contributed by atoms with van der Waals surface area (Å²) in [4.78, 5) is 1.01. The largest absolute Gasteiger partial charge is 0.314 e. The third-order valence-corrected chi connectivity index (χ3v) is 5.13. The minimum absolute atomic E-state index is 0.395. The van der Waals surface area contributed by atoms with E-state index in [1.54, 1.807) is 6.07 Å². The van der Waals surface area contributed by atoms with Crippen molar-refractivity contribution in [2.24, 2.45) is 0 Å².